The van der Waals surface area contributed by atoms with Crippen LogP contribution in [0.15, 0.2) is 30.5 Å². The molecule has 0 spiro atoms. The normalized spacial score (nSPS) is 11.0. The van der Waals surface area contributed by atoms with Gasteiger partial charge in [0, 0.05) is 6.54 Å². The Labute approximate surface area is 139 Å². The summed E-state index contributed by atoms with van der Waals surface area (Å²) in [5.74, 6) is -0.197. The maximum absolute atomic E-state index is 12.5. The minimum atomic E-state index is -0.197. The summed E-state index contributed by atoms with van der Waals surface area (Å²) in [6.45, 7) is 6.16. The number of carbonyl (C=O) groups excluding carboxylic acids is 1. The molecule has 0 aliphatic carbocycles. The fraction of sp³-hybridized carbons (Fsp3) is 0.235. The number of nitrogens with zero attached hydrogens (tertiary/aromatic N) is 3. The number of aryl methyl sites for hydroxylation is 3. The van der Waals surface area contributed by atoms with Gasteiger partial charge >= 0.3 is 0 Å². The van der Waals surface area contributed by atoms with Crippen LogP contribution in [0.25, 0.3) is 5.65 Å². The lowest BCUT2D eigenvalue weighted by molar-refractivity contribution is 0.0952. The summed E-state index contributed by atoms with van der Waals surface area (Å²) in [7, 11) is 0. The van der Waals surface area contributed by atoms with Crippen molar-refractivity contribution in [3.63, 3.8) is 0 Å². The zero-order valence-corrected chi connectivity index (χ0v) is 14.0. The van der Waals surface area contributed by atoms with Gasteiger partial charge in [-0.25, -0.2) is 9.50 Å². The molecule has 3 aromatic rings. The Morgan fingerprint density at radius 2 is 2.00 bits per heavy atom. The quantitative estimate of drug-likeness (QED) is 0.803. The lowest BCUT2D eigenvalue weighted by atomic mass is 10.1. The van der Waals surface area contributed by atoms with Gasteiger partial charge in [-0.1, -0.05) is 35.9 Å². The smallest absolute Gasteiger partial charge is 0.257 e. The molecular formula is C17H17ClN4O. The third-order valence-corrected chi connectivity index (χ3v) is 4.46. The molecule has 0 saturated heterocycles. The first-order valence-electron chi connectivity index (χ1n) is 7.32. The minimum Gasteiger partial charge on any atom is -0.348 e. The molecule has 0 radical (unpaired) electrons. The molecular weight excluding hydrogens is 312 g/mol. The molecule has 0 fully saturated rings. The van der Waals surface area contributed by atoms with Crippen molar-refractivity contribution in [3.8, 4) is 0 Å². The van der Waals surface area contributed by atoms with Crippen LogP contribution in [0.5, 0.6) is 0 Å². The van der Waals surface area contributed by atoms with Crippen LogP contribution in [-0.4, -0.2) is 20.5 Å². The summed E-state index contributed by atoms with van der Waals surface area (Å²) in [6.07, 6.45) is 1.53. The molecule has 0 atom stereocenters. The molecule has 118 valence electrons. The molecule has 0 bridgehead atoms. The summed E-state index contributed by atoms with van der Waals surface area (Å²) in [5.41, 5.74) is 4.65. The van der Waals surface area contributed by atoms with E-state index in [-0.39, 0.29) is 5.91 Å². The Morgan fingerprint density at radius 1 is 1.26 bits per heavy atom. The molecule has 6 heteroatoms. The van der Waals surface area contributed by atoms with Gasteiger partial charge < -0.3 is 5.32 Å². The Balaban J connectivity index is 1.89. The molecule has 0 aliphatic heterocycles. The van der Waals surface area contributed by atoms with Crippen LogP contribution in [0.3, 0.4) is 0 Å². The summed E-state index contributed by atoms with van der Waals surface area (Å²) in [4.78, 5) is 16.9. The van der Waals surface area contributed by atoms with Gasteiger partial charge in [0.1, 0.15) is 5.56 Å². The topological polar surface area (TPSA) is 59.3 Å². The van der Waals surface area contributed by atoms with Crippen LogP contribution in [0.4, 0.5) is 0 Å². The Kier molecular flexibility index (Phi) is 4.05. The number of rotatable bonds is 3. The van der Waals surface area contributed by atoms with Gasteiger partial charge in [-0.05, 0) is 31.9 Å². The second kappa shape index (κ2) is 6.01. The van der Waals surface area contributed by atoms with E-state index < -0.39 is 0 Å². The number of carbonyl (C=O) groups is 1. The van der Waals surface area contributed by atoms with E-state index >= 15 is 0 Å². The van der Waals surface area contributed by atoms with E-state index in [4.69, 9.17) is 11.6 Å². The van der Waals surface area contributed by atoms with E-state index in [1.807, 2.05) is 45.0 Å². The van der Waals surface area contributed by atoms with E-state index in [2.05, 4.69) is 15.4 Å². The maximum atomic E-state index is 12.5. The van der Waals surface area contributed by atoms with Gasteiger partial charge in [0.25, 0.3) is 5.91 Å². The third-order valence-electron chi connectivity index (χ3n) is 3.92. The van der Waals surface area contributed by atoms with Gasteiger partial charge in [-0.15, -0.1) is 0 Å². The predicted octanol–water partition coefficient (Wildman–Crippen LogP) is 3.24. The van der Waals surface area contributed by atoms with E-state index in [1.54, 1.807) is 4.52 Å². The highest BCUT2D eigenvalue weighted by Crippen LogP contribution is 2.21. The molecule has 5 nitrogen and oxygen atoms in total. The Hall–Kier alpha value is -2.40. The van der Waals surface area contributed by atoms with Crippen LogP contribution in [0.1, 0.15) is 32.9 Å². The fourth-order valence-electron chi connectivity index (χ4n) is 2.50. The van der Waals surface area contributed by atoms with Gasteiger partial charge in [-0.2, -0.15) is 5.10 Å². The number of fused-ring (bicyclic) bond motifs is 1. The summed E-state index contributed by atoms with van der Waals surface area (Å²) in [5, 5.41) is 7.71. The highest BCUT2D eigenvalue weighted by Gasteiger charge is 2.17. The van der Waals surface area contributed by atoms with Crippen molar-refractivity contribution in [1.82, 2.24) is 19.9 Å². The van der Waals surface area contributed by atoms with E-state index in [0.717, 1.165) is 16.8 Å². The van der Waals surface area contributed by atoms with Crippen molar-refractivity contribution in [2.24, 2.45) is 0 Å². The molecule has 0 unspecified atom stereocenters. The molecule has 2 heterocycles. The number of nitrogens with one attached hydrogen (secondary N) is 1. The number of aromatic nitrogens is 3. The lowest BCUT2D eigenvalue weighted by Crippen LogP contribution is -2.23. The van der Waals surface area contributed by atoms with Crippen molar-refractivity contribution >= 4 is 23.2 Å². The second-order valence-electron chi connectivity index (χ2n) is 5.50. The Morgan fingerprint density at radius 3 is 2.74 bits per heavy atom. The number of halogens is 1. The largest absolute Gasteiger partial charge is 0.348 e. The van der Waals surface area contributed by atoms with Crippen LogP contribution < -0.4 is 5.32 Å². The summed E-state index contributed by atoms with van der Waals surface area (Å²) in [6, 6.07) is 7.95. The molecule has 23 heavy (non-hydrogen) atoms. The molecule has 3 rings (SSSR count). The van der Waals surface area contributed by atoms with E-state index in [0.29, 0.717) is 28.5 Å². The fourth-order valence-corrected chi connectivity index (χ4v) is 2.62. The number of amides is 1. The maximum Gasteiger partial charge on any atom is 0.257 e. The second-order valence-corrected chi connectivity index (χ2v) is 5.88. The van der Waals surface area contributed by atoms with Crippen LogP contribution in [-0.2, 0) is 6.54 Å². The number of hydrogen-bond donors (Lipinski definition) is 1. The molecule has 1 amide bonds. The van der Waals surface area contributed by atoms with Gasteiger partial charge in [0.15, 0.2) is 5.65 Å². The van der Waals surface area contributed by atoms with Gasteiger partial charge in [0.05, 0.1) is 22.6 Å². The molecule has 2 aromatic heterocycles. The minimum absolute atomic E-state index is 0.197. The first kappa shape index (κ1) is 15.5. The highest BCUT2D eigenvalue weighted by molar-refractivity contribution is 6.31. The zero-order chi connectivity index (χ0) is 16.6. The van der Waals surface area contributed by atoms with Crippen LogP contribution >= 0.6 is 11.6 Å². The van der Waals surface area contributed by atoms with Crippen molar-refractivity contribution in [3.05, 3.63) is 63.6 Å². The van der Waals surface area contributed by atoms with Crippen molar-refractivity contribution < 1.29 is 4.79 Å². The lowest BCUT2D eigenvalue weighted by Gasteiger charge is -2.08. The van der Waals surface area contributed by atoms with E-state index in [1.165, 1.54) is 6.20 Å². The standard InChI is InChI=1S/C17H17ClN4O/c1-10-6-4-5-7-13(10)8-19-17(23)14-9-20-22-12(3)15(18)11(2)21-16(14)22/h4-7,9H,8H2,1-3H3,(H,19,23). The van der Waals surface area contributed by atoms with E-state index in [9.17, 15) is 4.79 Å². The molecule has 0 aliphatic rings. The van der Waals surface area contributed by atoms with Gasteiger partial charge in [-0.3, -0.25) is 4.79 Å². The SMILES string of the molecule is Cc1ccccc1CNC(=O)c1cnn2c(C)c(Cl)c(C)nc12. The zero-order valence-electron chi connectivity index (χ0n) is 13.2. The average molecular weight is 329 g/mol. The van der Waals surface area contributed by atoms with Crippen molar-refractivity contribution in [2.75, 3.05) is 0 Å². The Bertz CT molecular complexity index is 901. The summed E-state index contributed by atoms with van der Waals surface area (Å²) >= 11 is 6.18. The number of benzene rings is 1. The first-order valence-corrected chi connectivity index (χ1v) is 7.70. The van der Waals surface area contributed by atoms with Crippen LogP contribution in [0, 0.1) is 20.8 Å². The predicted molar refractivity (Wildman–Crippen MR) is 89.8 cm³/mol. The molecule has 1 aromatic carbocycles. The molecule has 1 N–H and O–H groups in total. The first-order chi connectivity index (χ1) is 11.0. The summed E-state index contributed by atoms with van der Waals surface area (Å²) < 4.78 is 1.60. The average Bonchev–Trinajstić information content (AvgIpc) is 2.95. The van der Waals surface area contributed by atoms with Crippen molar-refractivity contribution in [1.29, 1.82) is 0 Å². The number of hydrogen-bond acceptors (Lipinski definition) is 3. The van der Waals surface area contributed by atoms with Crippen LogP contribution in [0.2, 0.25) is 5.02 Å². The monoisotopic (exact) mass is 328 g/mol. The van der Waals surface area contributed by atoms with Crippen molar-refractivity contribution in [2.45, 2.75) is 27.3 Å². The third kappa shape index (κ3) is 2.80. The van der Waals surface area contributed by atoms with Gasteiger partial charge in [0.2, 0.25) is 0 Å². The highest BCUT2D eigenvalue weighted by atomic mass is 35.5. The molecule has 0 saturated carbocycles.